The lowest BCUT2D eigenvalue weighted by Crippen LogP contribution is -2.06. The van der Waals surface area contributed by atoms with Gasteiger partial charge < -0.3 is 4.98 Å². The second-order valence-corrected chi connectivity index (χ2v) is 4.43. The normalized spacial score (nSPS) is 13.5. The molecule has 1 unspecified atom stereocenters. The summed E-state index contributed by atoms with van der Waals surface area (Å²) in [5.74, 6) is 1.72. The van der Waals surface area contributed by atoms with Crippen LogP contribution in [0.1, 0.15) is 32.5 Å². The fourth-order valence-corrected chi connectivity index (χ4v) is 1.51. The van der Waals surface area contributed by atoms with Crippen molar-refractivity contribution in [2.45, 2.75) is 38.5 Å². The summed E-state index contributed by atoms with van der Waals surface area (Å²) in [6.07, 6.45) is 6.71. The van der Waals surface area contributed by atoms with Gasteiger partial charge >= 0.3 is 0 Å². The lowest BCUT2D eigenvalue weighted by Gasteiger charge is -2.09. The minimum atomic E-state index is 0.216. The van der Waals surface area contributed by atoms with Crippen LogP contribution in [-0.4, -0.2) is 15.3 Å². The maximum Gasteiger partial charge on any atom is 0.107 e. The Kier molecular flexibility index (Phi) is 4.29. The Morgan fingerprint density at radius 2 is 2.23 bits per heavy atom. The van der Waals surface area contributed by atoms with Gasteiger partial charge in [-0.2, -0.15) is 0 Å². The van der Waals surface area contributed by atoms with E-state index in [0.29, 0.717) is 0 Å². The monoisotopic (exact) mass is 200 g/mol. The second kappa shape index (κ2) is 5.28. The molecule has 74 valence electrons. The molecule has 1 N–H and O–H groups in total. The van der Waals surface area contributed by atoms with Crippen molar-refractivity contribution < 1.29 is 0 Å². The van der Waals surface area contributed by atoms with Crippen LogP contribution >= 0.6 is 11.6 Å². The first-order valence-corrected chi connectivity index (χ1v) is 5.24. The predicted octanol–water partition coefficient (Wildman–Crippen LogP) is 3.00. The minimum absolute atomic E-state index is 0.216. The number of rotatable bonds is 5. The second-order valence-electron chi connectivity index (χ2n) is 3.81. The SMILES string of the molecule is CC(C)CCC(Cl)Cc1ncc[nH]1. The van der Waals surface area contributed by atoms with Crippen LogP contribution in [-0.2, 0) is 6.42 Å². The summed E-state index contributed by atoms with van der Waals surface area (Å²) in [6, 6.07) is 0. The number of H-pyrrole nitrogens is 1. The smallest absolute Gasteiger partial charge is 0.107 e. The van der Waals surface area contributed by atoms with Gasteiger partial charge in [-0.15, -0.1) is 11.6 Å². The Labute approximate surface area is 84.7 Å². The van der Waals surface area contributed by atoms with Crippen LogP contribution < -0.4 is 0 Å². The van der Waals surface area contributed by atoms with Crippen molar-refractivity contribution in [3.63, 3.8) is 0 Å². The van der Waals surface area contributed by atoms with Gasteiger partial charge in [0.25, 0.3) is 0 Å². The third-order valence-electron chi connectivity index (χ3n) is 2.03. The van der Waals surface area contributed by atoms with Gasteiger partial charge in [0.1, 0.15) is 5.82 Å². The van der Waals surface area contributed by atoms with Gasteiger partial charge in [-0.05, 0) is 18.8 Å². The van der Waals surface area contributed by atoms with Gasteiger partial charge in [-0.25, -0.2) is 4.98 Å². The van der Waals surface area contributed by atoms with Crippen molar-refractivity contribution in [2.24, 2.45) is 5.92 Å². The maximum absolute atomic E-state index is 6.16. The van der Waals surface area contributed by atoms with E-state index in [1.165, 1.54) is 6.42 Å². The van der Waals surface area contributed by atoms with Crippen LogP contribution in [0.3, 0.4) is 0 Å². The molecule has 0 aliphatic rings. The van der Waals surface area contributed by atoms with Crippen LogP contribution in [0.5, 0.6) is 0 Å². The van der Waals surface area contributed by atoms with Gasteiger partial charge in [0, 0.05) is 24.2 Å². The summed E-state index contributed by atoms with van der Waals surface area (Å²) in [6.45, 7) is 4.44. The van der Waals surface area contributed by atoms with E-state index in [1.54, 1.807) is 6.20 Å². The topological polar surface area (TPSA) is 28.7 Å². The molecule has 0 aliphatic carbocycles. The van der Waals surface area contributed by atoms with Crippen molar-refractivity contribution in [1.82, 2.24) is 9.97 Å². The highest BCUT2D eigenvalue weighted by Gasteiger charge is 2.08. The van der Waals surface area contributed by atoms with E-state index in [4.69, 9.17) is 11.6 Å². The van der Waals surface area contributed by atoms with Crippen molar-refractivity contribution in [1.29, 1.82) is 0 Å². The molecule has 0 aromatic carbocycles. The van der Waals surface area contributed by atoms with Crippen molar-refractivity contribution in [3.05, 3.63) is 18.2 Å². The fourth-order valence-electron chi connectivity index (χ4n) is 1.24. The molecule has 0 spiro atoms. The number of nitrogens with zero attached hydrogens (tertiary/aromatic N) is 1. The average molecular weight is 201 g/mol. The zero-order valence-corrected chi connectivity index (χ0v) is 9.01. The lowest BCUT2D eigenvalue weighted by molar-refractivity contribution is 0.539. The van der Waals surface area contributed by atoms with Crippen LogP contribution in [0.15, 0.2) is 12.4 Å². The summed E-state index contributed by atoms with van der Waals surface area (Å²) >= 11 is 6.16. The molecule has 0 saturated carbocycles. The molecule has 1 rings (SSSR count). The molecule has 0 amide bonds. The predicted molar refractivity (Wildman–Crippen MR) is 56.0 cm³/mol. The molecular weight excluding hydrogens is 184 g/mol. The van der Waals surface area contributed by atoms with Gasteiger partial charge in [0.05, 0.1) is 0 Å². The third-order valence-corrected chi connectivity index (χ3v) is 2.40. The molecule has 0 aliphatic heterocycles. The minimum Gasteiger partial charge on any atom is -0.349 e. The standard InChI is InChI=1S/C10H17ClN2/c1-8(2)3-4-9(11)7-10-12-5-6-13-10/h5-6,8-9H,3-4,7H2,1-2H3,(H,12,13). The number of alkyl halides is 1. The first kappa shape index (κ1) is 10.6. The first-order chi connectivity index (χ1) is 6.18. The number of aromatic nitrogens is 2. The molecule has 1 aromatic rings. The van der Waals surface area contributed by atoms with Gasteiger partial charge in [-0.1, -0.05) is 13.8 Å². The summed E-state index contributed by atoms with van der Waals surface area (Å²) in [5, 5.41) is 0.216. The molecule has 3 heteroatoms. The van der Waals surface area contributed by atoms with Crippen LogP contribution in [0.25, 0.3) is 0 Å². The summed E-state index contributed by atoms with van der Waals surface area (Å²) < 4.78 is 0. The molecule has 0 radical (unpaired) electrons. The molecule has 13 heavy (non-hydrogen) atoms. The molecule has 1 heterocycles. The van der Waals surface area contributed by atoms with E-state index in [0.717, 1.165) is 24.6 Å². The summed E-state index contributed by atoms with van der Waals surface area (Å²) in [7, 11) is 0. The van der Waals surface area contributed by atoms with Gasteiger partial charge in [0.2, 0.25) is 0 Å². The zero-order chi connectivity index (χ0) is 9.68. The van der Waals surface area contributed by atoms with E-state index in [1.807, 2.05) is 6.20 Å². The number of halogens is 1. The Morgan fingerprint density at radius 3 is 2.77 bits per heavy atom. The first-order valence-electron chi connectivity index (χ1n) is 4.81. The number of aromatic amines is 1. The van der Waals surface area contributed by atoms with Crippen LogP contribution in [0.2, 0.25) is 0 Å². The summed E-state index contributed by atoms with van der Waals surface area (Å²) in [4.78, 5) is 7.20. The van der Waals surface area contributed by atoms with Crippen molar-refractivity contribution in [2.75, 3.05) is 0 Å². The average Bonchev–Trinajstić information content (AvgIpc) is 2.53. The van der Waals surface area contributed by atoms with Crippen molar-refractivity contribution in [3.8, 4) is 0 Å². The number of hydrogen-bond acceptors (Lipinski definition) is 1. The quantitative estimate of drug-likeness (QED) is 0.728. The van der Waals surface area contributed by atoms with E-state index in [-0.39, 0.29) is 5.38 Å². The Bertz CT molecular complexity index is 219. The Hall–Kier alpha value is -0.500. The highest BCUT2D eigenvalue weighted by Crippen LogP contribution is 2.14. The highest BCUT2D eigenvalue weighted by atomic mass is 35.5. The van der Waals surface area contributed by atoms with Crippen LogP contribution in [0.4, 0.5) is 0 Å². The maximum atomic E-state index is 6.16. The highest BCUT2D eigenvalue weighted by molar-refractivity contribution is 6.20. The fraction of sp³-hybridized carbons (Fsp3) is 0.700. The van der Waals surface area contributed by atoms with Crippen molar-refractivity contribution >= 4 is 11.6 Å². The molecule has 0 fully saturated rings. The third kappa shape index (κ3) is 4.32. The van der Waals surface area contributed by atoms with E-state index in [9.17, 15) is 0 Å². The molecule has 0 bridgehead atoms. The number of hydrogen-bond donors (Lipinski definition) is 1. The number of imidazole rings is 1. The van der Waals surface area contributed by atoms with Gasteiger partial charge in [0.15, 0.2) is 0 Å². The molecule has 1 atom stereocenters. The Morgan fingerprint density at radius 1 is 1.46 bits per heavy atom. The summed E-state index contributed by atoms with van der Waals surface area (Å²) in [5.41, 5.74) is 0. The zero-order valence-electron chi connectivity index (χ0n) is 8.26. The molecule has 1 aromatic heterocycles. The molecular formula is C10H17ClN2. The lowest BCUT2D eigenvalue weighted by atomic mass is 10.1. The molecule has 0 saturated heterocycles. The molecule has 2 nitrogen and oxygen atoms in total. The Balaban J connectivity index is 2.22. The largest absolute Gasteiger partial charge is 0.349 e. The van der Waals surface area contributed by atoms with E-state index < -0.39 is 0 Å². The number of nitrogens with one attached hydrogen (secondary N) is 1. The van der Waals surface area contributed by atoms with Crippen LogP contribution in [0, 0.1) is 5.92 Å². The van der Waals surface area contributed by atoms with Gasteiger partial charge in [-0.3, -0.25) is 0 Å². The van der Waals surface area contributed by atoms with E-state index >= 15 is 0 Å². The van der Waals surface area contributed by atoms with E-state index in [2.05, 4.69) is 23.8 Å².